The van der Waals surface area contributed by atoms with Crippen molar-refractivity contribution in [2.24, 2.45) is 0 Å². The Morgan fingerprint density at radius 2 is 1.93 bits per heavy atom. The fourth-order valence-corrected chi connectivity index (χ4v) is 3.71. The molecule has 6 nitrogen and oxygen atoms in total. The summed E-state index contributed by atoms with van der Waals surface area (Å²) in [7, 11) is 1.63. The fourth-order valence-electron chi connectivity index (χ4n) is 2.98. The Morgan fingerprint density at radius 3 is 2.68 bits per heavy atom. The first kappa shape index (κ1) is 19.9. The lowest BCUT2D eigenvalue weighted by atomic mass is 10.0. The molecule has 0 saturated heterocycles. The molecule has 0 fully saturated rings. The lowest BCUT2D eigenvalue weighted by Crippen LogP contribution is -2.30. The third-order valence-electron chi connectivity index (χ3n) is 4.31. The fraction of sp³-hybridized carbons (Fsp3) is 0.286. The van der Waals surface area contributed by atoms with Crippen molar-refractivity contribution in [3.63, 3.8) is 0 Å². The van der Waals surface area contributed by atoms with Crippen LogP contribution in [0.2, 0.25) is 0 Å². The van der Waals surface area contributed by atoms with Crippen LogP contribution in [0, 0.1) is 0 Å². The van der Waals surface area contributed by atoms with Crippen molar-refractivity contribution in [1.82, 2.24) is 20.1 Å². The normalized spacial score (nSPS) is 11.8. The molecular formula is C21H24N4O2S. The summed E-state index contributed by atoms with van der Waals surface area (Å²) in [5, 5.41) is 11.9. The number of hydrogen-bond donors (Lipinski definition) is 1. The molecule has 0 bridgehead atoms. The number of para-hydroxylation sites is 2. The number of amides is 1. The lowest BCUT2D eigenvalue weighted by molar-refractivity contribution is -0.119. The molecular weight excluding hydrogens is 372 g/mol. The quantitative estimate of drug-likeness (QED) is 0.553. The predicted molar refractivity (Wildman–Crippen MR) is 111 cm³/mol. The van der Waals surface area contributed by atoms with Crippen LogP contribution in [0.4, 0.5) is 0 Å². The van der Waals surface area contributed by atoms with E-state index in [2.05, 4.69) is 22.4 Å². The van der Waals surface area contributed by atoms with Crippen LogP contribution in [0.1, 0.15) is 31.4 Å². The maximum atomic E-state index is 12.6. The minimum Gasteiger partial charge on any atom is -0.495 e. The zero-order chi connectivity index (χ0) is 19.8. The molecule has 0 aliphatic carbocycles. The van der Waals surface area contributed by atoms with Gasteiger partial charge in [0.25, 0.3) is 0 Å². The minimum absolute atomic E-state index is 0.0198. The van der Waals surface area contributed by atoms with Crippen molar-refractivity contribution in [2.75, 3.05) is 12.9 Å². The Bertz CT molecular complexity index is 898. The van der Waals surface area contributed by atoms with Gasteiger partial charge in [0, 0.05) is 0 Å². The van der Waals surface area contributed by atoms with Crippen molar-refractivity contribution in [3.05, 3.63) is 66.5 Å². The Hall–Kier alpha value is -2.80. The summed E-state index contributed by atoms with van der Waals surface area (Å²) >= 11 is 1.35. The largest absolute Gasteiger partial charge is 0.495 e. The lowest BCUT2D eigenvalue weighted by Gasteiger charge is -2.18. The van der Waals surface area contributed by atoms with Crippen LogP contribution in [-0.2, 0) is 4.79 Å². The highest BCUT2D eigenvalue weighted by Crippen LogP contribution is 2.26. The Labute approximate surface area is 169 Å². The summed E-state index contributed by atoms with van der Waals surface area (Å²) in [5.74, 6) is 0.962. The third-order valence-corrected chi connectivity index (χ3v) is 5.25. The first-order valence-electron chi connectivity index (χ1n) is 9.23. The van der Waals surface area contributed by atoms with E-state index in [1.54, 1.807) is 13.4 Å². The number of ether oxygens (including phenoxy) is 1. The predicted octanol–water partition coefficient (Wildman–Crippen LogP) is 4.03. The van der Waals surface area contributed by atoms with E-state index in [0.29, 0.717) is 5.16 Å². The molecule has 0 radical (unpaired) electrons. The molecule has 2 aromatic carbocycles. The number of benzene rings is 2. The van der Waals surface area contributed by atoms with Crippen molar-refractivity contribution in [1.29, 1.82) is 0 Å². The highest BCUT2D eigenvalue weighted by molar-refractivity contribution is 7.99. The summed E-state index contributed by atoms with van der Waals surface area (Å²) in [6.07, 6.45) is 3.52. The zero-order valence-corrected chi connectivity index (χ0v) is 16.9. The zero-order valence-electron chi connectivity index (χ0n) is 16.0. The molecule has 0 saturated carbocycles. The molecule has 28 heavy (non-hydrogen) atoms. The number of rotatable bonds is 9. The smallest absolute Gasteiger partial charge is 0.230 e. The number of aromatic nitrogens is 3. The van der Waals surface area contributed by atoms with E-state index in [0.717, 1.165) is 29.8 Å². The van der Waals surface area contributed by atoms with Crippen LogP contribution >= 0.6 is 11.8 Å². The molecule has 1 amide bonds. The monoisotopic (exact) mass is 396 g/mol. The van der Waals surface area contributed by atoms with Crippen LogP contribution < -0.4 is 10.1 Å². The summed E-state index contributed by atoms with van der Waals surface area (Å²) < 4.78 is 7.24. The van der Waals surface area contributed by atoms with E-state index in [1.807, 2.05) is 59.2 Å². The summed E-state index contributed by atoms with van der Waals surface area (Å²) in [6.45, 7) is 2.12. The van der Waals surface area contributed by atoms with Gasteiger partial charge in [0.2, 0.25) is 5.91 Å². The second kappa shape index (κ2) is 9.94. The number of methoxy groups -OCH3 is 1. The number of nitrogens with zero attached hydrogens (tertiary/aromatic N) is 3. The average molecular weight is 397 g/mol. The van der Waals surface area contributed by atoms with Gasteiger partial charge in [0.1, 0.15) is 12.1 Å². The van der Waals surface area contributed by atoms with Crippen molar-refractivity contribution >= 4 is 17.7 Å². The van der Waals surface area contributed by atoms with Gasteiger partial charge in [0.05, 0.1) is 24.6 Å². The third kappa shape index (κ3) is 4.92. The molecule has 1 unspecified atom stereocenters. The van der Waals surface area contributed by atoms with Gasteiger partial charge in [0.15, 0.2) is 5.16 Å². The van der Waals surface area contributed by atoms with Crippen LogP contribution in [0.3, 0.4) is 0 Å². The van der Waals surface area contributed by atoms with Gasteiger partial charge in [-0.25, -0.2) is 0 Å². The Morgan fingerprint density at radius 1 is 1.18 bits per heavy atom. The SMILES string of the molecule is CCCC(NC(=O)CSc1nncn1-c1ccccc1OC)c1ccccc1. The van der Waals surface area contributed by atoms with Crippen LogP contribution in [0.15, 0.2) is 66.1 Å². The summed E-state index contributed by atoms with van der Waals surface area (Å²) in [6, 6.07) is 17.7. The van der Waals surface area contributed by atoms with Gasteiger partial charge in [-0.2, -0.15) is 0 Å². The Balaban J connectivity index is 1.66. The first-order chi connectivity index (χ1) is 13.7. The number of nitrogens with one attached hydrogen (secondary N) is 1. The maximum absolute atomic E-state index is 12.6. The first-order valence-corrected chi connectivity index (χ1v) is 10.2. The van der Waals surface area contributed by atoms with Gasteiger partial charge in [-0.3, -0.25) is 9.36 Å². The van der Waals surface area contributed by atoms with Crippen molar-refractivity contribution in [2.45, 2.75) is 31.0 Å². The summed E-state index contributed by atoms with van der Waals surface area (Å²) in [5.41, 5.74) is 1.96. The van der Waals surface area contributed by atoms with Crippen LogP contribution in [0.5, 0.6) is 5.75 Å². The second-order valence-corrected chi connectivity index (χ2v) is 7.21. The Kier molecular flexibility index (Phi) is 7.08. The molecule has 1 atom stereocenters. The van der Waals surface area contributed by atoms with E-state index in [1.165, 1.54) is 11.8 Å². The van der Waals surface area contributed by atoms with E-state index in [9.17, 15) is 4.79 Å². The second-order valence-electron chi connectivity index (χ2n) is 6.26. The van der Waals surface area contributed by atoms with Crippen LogP contribution in [0.25, 0.3) is 5.69 Å². The molecule has 3 aromatic rings. The molecule has 1 aromatic heterocycles. The number of hydrogen-bond acceptors (Lipinski definition) is 5. The number of carbonyl (C=O) groups excluding carboxylic acids is 1. The molecule has 3 rings (SSSR count). The van der Waals surface area contributed by atoms with Gasteiger partial charge in [-0.15, -0.1) is 10.2 Å². The van der Waals surface area contributed by atoms with Gasteiger partial charge in [-0.1, -0.05) is 67.6 Å². The van der Waals surface area contributed by atoms with Crippen molar-refractivity contribution < 1.29 is 9.53 Å². The standard InChI is InChI=1S/C21H24N4O2S/c1-3-9-17(16-10-5-4-6-11-16)23-20(26)14-28-21-24-22-15-25(21)18-12-7-8-13-19(18)27-2/h4-8,10-13,15,17H,3,9,14H2,1-2H3,(H,23,26). The number of carbonyl (C=O) groups is 1. The topological polar surface area (TPSA) is 69.0 Å². The molecule has 146 valence electrons. The average Bonchev–Trinajstić information content (AvgIpc) is 3.21. The van der Waals surface area contributed by atoms with Gasteiger partial charge in [-0.05, 0) is 24.1 Å². The summed E-state index contributed by atoms with van der Waals surface area (Å²) in [4.78, 5) is 12.6. The van der Waals surface area contributed by atoms with E-state index in [-0.39, 0.29) is 17.7 Å². The van der Waals surface area contributed by atoms with Crippen molar-refractivity contribution in [3.8, 4) is 11.4 Å². The highest BCUT2D eigenvalue weighted by atomic mass is 32.2. The van der Waals surface area contributed by atoms with Gasteiger partial charge >= 0.3 is 0 Å². The van der Waals surface area contributed by atoms with Crippen LogP contribution in [-0.4, -0.2) is 33.5 Å². The maximum Gasteiger partial charge on any atom is 0.230 e. The molecule has 1 heterocycles. The molecule has 0 aliphatic rings. The molecule has 7 heteroatoms. The van der Waals surface area contributed by atoms with E-state index in [4.69, 9.17) is 4.74 Å². The molecule has 0 aliphatic heterocycles. The number of thioether (sulfide) groups is 1. The van der Waals surface area contributed by atoms with E-state index >= 15 is 0 Å². The van der Waals surface area contributed by atoms with Gasteiger partial charge < -0.3 is 10.1 Å². The molecule has 1 N–H and O–H groups in total. The van der Waals surface area contributed by atoms with E-state index < -0.39 is 0 Å². The molecule has 0 spiro atoms. The minimum atomic E-state index is -0.0260. The highest BCUT2D eigenvalue weighted by Gasteiger charge is 2.16.